The maximum Gasteiger partial charge on any atom is 0.417 e. The van der Waals surface area contributed by atoms with Crippen LogP contribution in [0, 0.1) is 0 Å². The average Bonchev–Trinajstić information content (AvgIpc) is 2.90. The lowest BCUT2D eigenvalue weighted by atomic mass is 9.99. The number of aliphatic hydroxyl groups is 1. The summed E-state index contributed by atoms with van der Waals surface area (Å²) in [5, 5.41) is 21.8. The largest absolute Gasteiger partial charge is 0.417 e. The fourth-order valence-corrected chi connectivity index (χ4v) is 2.92. The first-order valence-electron chi connectivity index (χ1n) is 7.00. The van der Waals surface area contributed by atoms with E-state index < -0.39 is 32.3 Å². The van der Waals surface area contributed by atoms with Gasteiger partial charge in [0.2, 0.25) is 10.0 Å². The molecule has 0 saturated carbocycles. The normalized spacial score (nSPS) is 15.0. The van der Waals surface area contributed by atoms with Gasteiger partial charge in [0.25, 0.3) is 0 Å². The lowest BCUT2D eigenvalue weighted by Gasteiger charge is -2.23. The van der Waals surface area contributed by atoms with E-state index in [1.165, 1.54) is 17.8 Å². The number of halogens is 3. The first kappa shape index (κ1) is 19.2. The molecule has 0 aliphatic rings. The Morgan fingerprint density at radius 3 is 2.48 bits per heavy atom. The van der Waals surface area contributed by atoms with Gasteiger partial charge in [0.1, 0.15) is 5.60 Å². The molecule has 11 heteroatoms. The lowest BCUT2D eigenvalue weighted by Crippen LogP contribution is -2.30. The summed E-state index contributed by atoms with van der Waals surface area (Å²) in [7, 11) is -2.86. The molecule has 0 spiro atoms. The van der Waals surface area contributed by atoms with Crippen LogP contribution >= 0.6 is 0 Å². The van der Waals surface area contributed by atoms with Crippen LogP contribution in [0.15, 0.2) is 35.5 Å². The standard InChI is InChI=1S/C14H17F3N4O3S/c1-13(22,9-6-20-21(2)7-9)8-19-10-3-4-12(25(18,23)24)11(5-10)14(15,16)17/h3-7,19,22H,8H2,1-2H3,(H2,18,23,24). The van der Waals surface area contributed by atoms with Crippen LogP contribution in [-0.2, 0) is 28.8 Å². The Morgan fingerprint density at radius 2 is 2.00 bits per heavy atom. The summed E-state index contributed by atoms with van der Waals surface area (Å²) in [6, 6.07) is 2.56. The third-order valence-electron chi connectivity index (χ3n) is 3.56. The lowest BCUT2D eigenvalue weighted by molar-refractivity contribution is -0.139. The van der Waals surface area contributed by atoms with Gasteiger partial charge in [-0.2, -0.15) is 18.3 Å². The third-order valence-corrected chi connectivity index (χ3v) is 4.52. The second-order valence-electron chi connectivity index (χ2n) is 5.78. The summed E-state index contributed by atoms with van der Waals surface area (Å²) >= 11 is 0. The number of nitrogens with two attached hydrogens (primary N) is 1. The number of hydrogen-bond acceptors (Lipinski definition) is 5. The fourth-order valence-electron chi connectivity index (χ4n) is 2.19. The highest BCUT2D eigenvalue weighted by atomic mass is 32.2. The van der Waals surface area contributed by atoms with Crippen LogP contribution in [0.1, 0.15) is 18.1 Å². The van der Waals surface area contributed by atoms with Crippen molar-refractivity contribution < 1.29 is 26.7 Å². The fraction of sp³-hybridized carbons (Fsp3) is 0.357. The zero-order chi connectivity index (χ0) is 19.0. The van der Waals surface area contributed by atoms with Crippen molar-refractivity contribution in [2.45, 2.75) is 23.6 Å². The van der Waals surface area contributed by atoms with Crippen molar-refractivity contribution in [1.29, 1.82) is 0 Å². The molecule has 0 amide bonds. The van der Waals surface area contributed by atoms with E-state index in [1.807, 2.05) is 0 Å². The van der Waals surface area contributed by atoms with Crippen LogP contribution in [0.5, 0.6) is 0 Å². The first-order chi connectivity index (χ1) is 11.3. The molecule has 7 nitrogen and oxygen atoms in total. The van der Waals surface area contributed by atoms with E-state index in [0.717, 1.165) is 12.1 Å². The Morgan fingerprint density at radius 1 is 1.36 bits per heavy atom. The predicted octanol–water partition coefficient (Wildman–Crippen LogP) is 1.41. The number of benzene rings is 1. The van der Waals surface area contributed by atoms with Crippen molar-refractivity contribution in [3.05, 3.63) is 41.7 Å². The van der Waals surface area contributed by atoms with Gasteiger partial charge in [-0.25, -0.2) is 13.6 Å². The number of rotatable bonds is 5. The molecule has 25 heavy (non-hydrogen) atoms. The third kappa shape index (κ3) is 4.50. The van der Waals surface area contributed by atoms with Gasteiger partial charge in [0.05, 0.1) is 16.7 Å². The van der Waals surface area contributed by atoms with Crippen molar-refractivity contribution in [3.8, 4) is 0 Å². The van der Waals surface area contributed by atoms with Gasteiger partial charge >= 0.3 is 6.18 Å². The van der Waals surface area contributed by atoms with Crippen LogP contribution in [0.2, 0.25) is 0 Å². The minimum atomic E-state index is -4.90. The van der Waals surface area contributed by atoms with Crippen LogP contribution < -0.4 is 10.5 Å². The molecule has 0 aliphatic heterocycles. The number of nitrogens with zero attached hydrogens (tertiary/aromatic N) is 2. The number of hydrogen-bond donors (Lipinski definition) is 3. The van der Waals surface area contributed by atoms with E-state index in [2.05, 4.69) is 10.4 Å². The van der Waals surface area contributed by atoms with Crippen LogP contribution in [0.3, 0.4) is 0 Å². The highest BCUT2D eigenvalue weighted by molar-refractivity contribution is 7.89. The Bertz CT molecular complexity index is 876. The molecule has 138 valence electrons. The van der Waals surface area contributed by atoms with Crippen molar-refractivity contribution in [2.24, 2.45) is 12.2 Å². The van der Waals surface area contributed by atoms with Gasteiger partial charge in [0, 0.05) is 31.0 Å². The number of primary sulfonamides is 1. The van der Waals surface area contributed by atoms with E-state index in [0.29, 0.717) is 11.6 Å². The van der Waals surface area contributed by atoms with E-state index in [9.17, 15) is 26.7 Å². The van der Waals surface area contributed by atoms with Gasteiger partial charge in [0.15, 0.2) is 0 Å². The Kier molecular flexibility index (Phi) is 4.86. The maximum absolute atomic E-state index is 13.1. The molecule has 0 aliphatic carbocycles. The number of sulfonamides is 1. The quantitative estimate of drug-likeness (QED) is 0.729. The molecular formula is C14H17F3N4O3S. The van der Waals surface area contributed by atoms with Gasteiger partial charge in [-0.15, -0.1) is 0 Å². The molecule has 2 rings (SSSR count). The molecule has 0 bridgehead atoms. The zero-order valence-corrected chi connectivity index (χ0v) is 14.2. The summed E-state index contributed by atoms with van der Waals surface area (Å²) in [6.07, 6.45) is -1.88. The van der Waals surface area contributed by atoms with Crippen LogP contribution in [0.4, 0.5) is 18.9 Å². The van der Waals surface area contributed by atoms with Gasteiger partial charge in [-0.1, -0.05) is 0 Å². The van der Waals surface area contributed by atoms with E-state index in [1.54, 1.807) is 13.2 Å². The summed E-state index contributed by atoms with van der Waals surface area (Å²) in [6.45, 7) is 1.35. The average molecular weight is 378 g/mol. The monoisotopic (exact) mass is 378 g/mol. The molecule has 2 aromatic rings. The van der Waals surface area contributed by atoms with Crippen LogP contribution in [-0.4, -0.2) is 29.8 Å². The molecule has 1 atom stereocenters. The second kappa shape index (κ2) is 6.32. The molecule has 0 radical (unpaired) electrons. The SMILES string of the molecule is Cn1cc(C(C)(O)CNc2ccc(S(N)(=O)=O)c(C(F)(F)F)c2)cn1. The van der Waals surface area contributed by atoms with E-state index in [-0.39, 0.29) is 12.2 Å². The van der Waals surface area contributed by atoms with Crippen molar-refractivity contribution in [3.63, 3.8) is 0 Å². The Hall–Kier alpha value is -2.11. The minimum Gasteiger partial charge on any atom is -0.383 e. The van der Waals surface area contributed by atoms with E-state index >= 15 is 0 Å². The van der Waals surface area contributed by atoms with Gasteiger partial charge < -0.3 is 10.4 Å². The summed E-state index contributed by atoms with van der Waals surface area (Å²) in [4.78, 5) is -1.01. The van der Waals surface area contributed by atoms with Crippen LogP contribution in [0.25, 0.3) is 0 Å². The molecule has 4 N–H and O–H groups in total. The molecule has 0 saturated heterocycles. The Balaban J connectivity index is 2.29. The van der Waals surface area contributed by atoms with Crippen molar-refractivity contribution in [1.82, 2.24) is 9.78 Å². The molecule has 1 unspecified atom stereocenters. The summed E-state index contributed by atoms with van der Waals surface area (Å²) in [5.41, 5.74) is -2.31. The predicted molar refractivity (Wildman–Crippen MR) is 84.1 cm³/mol. The van der Waals surface area contributed by atoms with Crippen molar-refractivity contribution >= 4 is 15.7 Å². The van der Waals surface area contributed by atoms with E-state index in [4.69, 9.17) is 5.14 Å². The maximum atomic E-state index is 13.1. The molecule has 1 aromatic heterocycles. The molecule has 1 aromatic carbocycles. The number of aryl methyl sites for hydroxylation is 1. The number of aromatic nitrogens is 2. The highest BCUT2D eigenvalue weighted by Gasteiger charge is 2.36. The second-order valence-corrected chi connectivity index (χ2v) is 7.31. The van der Waals surface area contributed by atoms with Gasteiger partial charge in [-0.05, 0) is 25.1 Å². The number of anilines is 1. The van der Waals surface area contributed by atoms with Crippen molar-refractivity contribution in [2.75, 3.05) is 11.9 Å². The molecule has 1 heterocycles. The topological polar surface area (TPSA) is 110 Å². The Labute approximate surface area is 142 Å². The first-order valence-corrected chi connectivity index (χ1v) is 8.55. The smallest absolute Gasteiger partial charge is 0.383 e. The number of alkyl halides is 3. The zero-order valence-electron chi connectivity index (χ0n) is 13.4. The number of nitrogens with one attached hydrogen (secondary N) is 1. The van der Waals surface area contributed by atoms with Gasteiger partial charge in [-0.3, -0.25) is 4.68 Å². The summed E-state index contributed by atoms with van der Waals surface area (Å²) in [5.74, 6) is 0. The minimum absolute atomic E-state index is 0.0103. The molecular weight excluding hydrogens is 361 g/mol. The molecule has 0 fully saturated rings. The highest BCUT2D eigenvalue weighted by Crippen LogP contribution is 2.35. The summed E-state index contributed by atoms with van der Waals surface area (Å²) < 4.78 is 63.4.